The van der Waals surface area contributed by atoms with Gasteiger partial charge < -0.3 is 19.5 Å². The van der Waals surface area contributed by atoms with E-state index in [1.54, 1.807) is 6.92 Å². The van der Waals surface area contributed by atoms with Gasteiger partial charge in [0.2, 0.25) is 10.0 Å². The molecule has 0 saturated heterocycles. The van der Waals surface area contributed by atoms with E-state index in [1.807, 2.05) is 0 Å². The minimum Gasteiger partial charge on any atom is -0.477 e. The first-order valence-electron chi connectivity index (χ1n) is 6.41. The smallest absolute Gasteiger partial charge is 0.352 e. The molecule has 1 aromatic heterocycles. The highest BCUT2D eigenvalue weighted by atomic mass is 32.2. The molecule has 0 spiro atoms. The number of aryl methyl sites for hydroxylation is 1. The van der Waals surface area contributed by atoms with Gasteiger partial charge >= 0.3 is 5.97 Å². The van der Waals surface area contributed by atoms with Crippen LogP contribution in [0.15, 0.2) is 17.2 Å². The average Bonchev–Trinajstić information content (AvgIpc) is 2.84. The van der Waals surface area contributed by atoms with Crippen molar-refractivity contribution in [3.8, 4) is 0 Å². The zero-order valence-electron chi connectivity index (χ0n) is 11.9. The normalized spacial score (nSPS) is 13.3. The third-order valence-electron chi connectivity index (χ3n) is 2.91. The van der Waals surface area contributed by atoms with Gasteiger partial charge in [0, 0.05) is 32.5 Å². The molecule has 21 heavy (non-hydrogen) atoms. The third kappa shape index (κ3) is 4.53. The zero-order valence-corrected chi connectivity index (χ0v) is 12.8. The number of hydrogen-bond donors (Lipinski definition) is 3. The Morgan fingerprint density at radius 1 is 1.52 bits per heavy atom. The predicted molar refractivity (Wildman–Crippen MR) is 74.8 cm³/mol. The molecule has 120 valence electrons. The third-order valence-corrected chi connectivity index (χ3v) is 4.40. The number of aromatic nitrogens is 1. The van der Waals surface area contributed by atoms with Crippen LogP contribution in [-0.4, -0.2) is 55.5 Å². The first-order valence-corrected chi connectivity index (χ1v) is 7.89. The molecule has 8 nitrogen and oxygen atoms in total. The lowest BCUT2D eigenvalue weighted by atomic mass is 10.2. The fourth-order valence-corrected chi connectivity index (χ4v) is 3.19. The van der Waals surface area contributed by atoms with E-state index in [0.717, 1.165) is 6.07 Å². The van der Waals surface area contributed by atoms with E-state index >= 15 is 0 Å². The first-order chi connectivity index (χ1) is 9.85. The number of nitrogens with zero attached hydrogens (tertiary/aromatic N) is 1. The number of sulfonamides is 1. The molecule has 1 heterocycles. The molecule has 0 amide bonds. The number of carbonyl (C=O) groups is 1. The fraction of sp³-hybridized carbons (Fsp3) is 0.583. The number of aliphatic hydroxyl groups is 1. The van der Waals surface area contributed by atoms with Crippen LogP contribution in [-0.2, 0) is 21.3 Å². The second-order valence-electron chi connectivity index (χ2n) is 4.44. The average molecular weight is 320 g/mol. The molecular formula is C12H20N2O6S. The van der Waals surface area contributed by atoms with Crippen LogP contribution < -0.4 is 4.72 Å². The van der Waals surface area contributed by atoms with Crippen molar-refractivity contribution in [1.82, 2.24) is 9.29 Å². The Morgan fingerprint density at radius 2 is 2.19 bits per heavy atom. The molecule has 0 aliphatic rings. The van der Waals surface area contributed by atoms with Crippen LogP contribution in [0, 0.1) is 0 Å². The highest BCUT2D eigenvalue weighted by Gasteiger charge is 2.24. The lowest BCUT2D eigenvalue weighted by molar-refractivity contribution is 0.0685. The molecule has 0 aromatic carbocycles. The maximum Gasteiger partial charge on any atom is 0.352 e. The van der Waals surface area contributed by atoms with E-state index < -0.39 is 22.0 Å². The maximum atomic E-state index is 12.2. The topological polar surface area (TPSA) is 118 Å². The van der Waals surface area contributed by atoms with Gasteiger partial charge in [-0.3, -0.25) is 0 Å². The number of rotatable bonds is 9. The Bertz CT molecular complexity index is 575. The van der Waals surface area contributed by atoms with Gasteiger partial charge in [-0.2, -0.15) is 0 Å². The van der Waals surface area contributed by atoms with Gasteiger partial charge in [-0.25, -0.2) is 17.9 Å². The molecule has 9 heteroatoms. The first kappa shape index (κ1) is 17.6. The lowest BCUT2D eigenvalue weighted by Crippen LogP contribution is -2.38. The minimum atomic E-state index is -3.87. The van der Waals surface area contributed by atoms with Crippen molar-refractivity contribution >= 4 is 16.0 Å². The largest absolute Gasteiger partial charge is 0.477 e. The molecule has 0 aliphatic carbocycles. The molecule has 0 bridgehead atoms. The Labute approximate surface area is 123 Å². The summed E-state index contributed by atoms with van der Waals surface area (Å²) in [4.78, 5) is 10.9. The molecule has 1 aromatic rings. The lowest BCUT2D eigenvalue weighted by Gasteiger charge is -2.16. The highest BCUT2D eigenvalue weighted by molar-refractivity contribution is 7.89. The van der Waals surface area contributed by atoms with Crippen molar-refractivity contribution in [1.29, 1.82) is 0 Å². The van der Waals surface area contributed by atoms with Crippen molar-refractivity contribution in [3.05, 3.63) is 18.0 Å². The standard InChI is InChI=1S/C12H20N2O6S/c1-3-14-7-10(6-11(14)12(16)17)21(18,19)13-9(4-5-15)8-20-2/h6-7,9,13,15H,3-5,8H2,1-2H3,(H,16,17). The molecule has 0 saturated carbocycles. The number of aromatic carboxylic acids is 1. The number of carboxylic acid groups (broad SMARTS) is 1. The van der Waals surface area contributed by atoms with Gasteiger partial charge in [-0.1, -0.05) is 0 Å². The minimum absolute atomic E-state index is 0.0941. The van der Waals surface area contributed by atoms with E-state index in [9.17, 15) is 13.2 Å². The summed E-state index contributed by atoms with van der Waals surface area (Å²) in [5.74, 6) is -1.19. The summed E-state index contributed by atoms with van der Waals surface area (Å²) >= 11 is 0. The molecule has 0 fully saturated rings. The van der Waals surface area contributed by atoms with Crippen molar-refractivity contribution < 1.29 is 28.2 Å². The number of nitrogens with one attached hydrogen (secondary N) is 1. The Balaban J connectivity index is 3.04. The summed E-state index contributed by atoms with van der Waals surface area (Å²) in [5.41, 5.74) is -0.0941. The molecular weight excluding hydrogens is 300 g/mol. The monoisotopic (exact) mass is 320 g/mol. The van der Waals surface area contributed by atoms with Crippen molar-refractivity contribution in [2.45, 2.75) is 30.8 Å². The number of carboxylic acids is 1. The van der Waals surface area contributed by atoms with Crippen LogP contribution in [0.5, 0.6) is 0 Å². The van der Waals surface area contributed by atoms with Crippen molar-refractivity contribution in [3.63, 3.8) is 0 Å². The Hall–Kier alpha value is -1.42. The molecule has 0 aliphatic heterocycles. The van der Waals surface area contributed by atoms with Gasteiger partial charge in [0.25, 0.3) is 0 Å². The van der Waals surface area contributed by atoms with Gasteiger partial charge in [0.15, 0.2) is 0 Å². The summed E-state index contributed by atoms with van der Waals surface area (Å²) in [6.45, 7) is 1.98. The van der Waals surface area contributed by atoms with Crippen LogP contribution in [0.4, 0.5) is 0 Å². The van der Waals surface area contributed by atoms with Crippen LogP contribution in [0.25, 0.3) is 0 Å². The van der Waals surface area contributed by atoms with Crippen LogP contribution in [0.1, 0.15) is 23.8 Å². The van der Waals surface area contributed by atoms with Gasteiger partial charge in [-0.15, -0.1) is 0 Å². The van der Waals surface area contributed by atoms with Gasteiger partial charge in [0.1, 0.15) is 10.6 Å². The Morgan fingerprint density at radius 3 is 2.62 bits per heavy atom. The summed E-state index contributed by atoms with van der Waals surface area (Å²) in [7, 11) is -2.45. The maximum absolute atomic E-state index is 12.2. The predicted octanol–water partition coefficient (Wildman–Crippen LogP) is -0.118. The summed E-state index contributed by atoms with van der Waals surface area (Å²) in [5, 5.41) is 18.0. The quantitative estimate of drug-likeness (QED) is 0.584. The zero-order chi connectivity index (χ0) is 16.0. The van der Waals surface area contributed by atoms with E-state index in [1.165, 1.54) is 17.9 Å². The van der Waals surface area contributed by atoms with Crippen molar-refractivity contribution in [2.75, 3.05) is 20.3 Å². The second-order valence-corrected chi connectivity index (χ2v) is 6.15. The number of hydrogen-bond acceptors (Lipinski definition) is 5. The molecule has 3 N–H and O–H groups in total. The molecule has 1 rings (SSSR count). The van der Waals surface area contributed by atoms with E-state index in [0.29, 0.717) is 6.54 Å². The summed E-state index contributed by atoms with van der Waals surface area (Å²) in [6, 6.07) is 0.528. The van der Waals surface area contributed by atoms with E-state index in [2.05, 4.69) is 4.72 Å². The number of ether oxygens (including phenoxy) is 1. The Kier molecular flexibility index (Phi) is 6.34. The molecule has 1 atom stereocenters. The molecule has 1 unspecified atom stereocenters. The SMILES string of the molecule is CCn1cc(S(=O)(=O)NC(CCO)COC)cc1C(=O)O. The van der Waals surface area contributed by atoms with E-state index in [4.69, 9.17) is 14.9 Å². The number of aliphatic hydroxyl groups excluding tert-OH is 1. The van der Waals surface area contributed by atoms with Crippen molar-refractivity contribution in [2.24, 2.45) is 0 Å². The summed E-state index contributed by atoms with van der Waals surface area (Å²) < 4.78 is 33.1. The van der Waals surface area contributed by atoms with Gasteiger partial charge in [-0.05, 0) is 19.4 Å². The second kappa shape index (κ2) is 7.55. The van der Waals surface area contributed by atoms with Crippen LogP contribution >= 0.6 is 0 Å². The van der Waals surface area contributed by atoms with Crippen LogP contribution in [0.2, 0.25) is 0 Å². The van der Waals surface area contributed by atoms with Gasteiger partial charge in [0.05, 0.1) is 6.61 Å². The fourth-order valence-electron chi connectivity index (χ4n) is 1.89. The number of methoxy groups -OCH3 is 1. The summed E-state index contributed by atoms with van der Waals surface area (Å²) in [6.07, 6.45) is 1.47. The highest BCUT2D eigenvalue weighted by Crippen LogP contribution is 2.15. The van der Waals surface area contributed by atoms with E-state index in [-0.39, 0.29) is 30.2 Å². The molecule has 0 radical (unpaired) electrons. The van der Waals surface area contributed by atoms with Crippen LogP contribution in [0.3, 0.4) is 0 Å².